The summed E-state index contributed by atoms with van der Waals surface area (Å²) in [5.41, 5.74) is -0.682. The molecule has 17 aromatic rings. The molecule has 7 aromatic carbocycles. The van der Waals surface area contributed by atoms with Gasteiger partial charge in [-0.3, -0.25) is 29.5 Å². The van der Waals surface area contributed by atoms with E-state index in [0.717, 1.165) is 46.5 Å². The number of aromatic amines is 4. The summed E-state index contributed by atoms with van der Waals surface area (Å²) in [4.78, 5) is 111. The van der Waals surface area contributed by atoms with Crippen molar-refractivity contribution < 1.29 is 92.8 Å². The van der Waals surface area contributed by atoms with Gasteiger partial charge in [-0.15, -0.1) is 0 Å². The van der Waals surface area contributed by atoms with Gasteiger partial charge in [-0.25, -0.2) is 45.5 Å². The number of H-pyrrole nitrogens is 4. The summed E-state index contributed by atoms with van der Waals surface area (Å²) < 4.78 is 135. The molecule has 10 aromatic heterocycles. The molecule has 0 spiro atoms. The number of hydrogen-bond donors (Lipinski definition) is 6. The first-order chi connectivity index (χ1) is 61.7. The number of ether oxygens (including phenoxy) is 4. The molecule has 130 heavy (non-hydrogen) atoms. The Morgan fingerprint density at radius 1 is 0.462 bits per heavy atom. The predicted molar refractivity (Wildman–Crippen MR) is 459 cm³/mol. The van der Waals surface area contributed by atoms with E-state index in [2.05, 4.69) is 70.5 Å². The van der Waals surface area contributed by atoms with Crippen LogP contribution in [0, 0.1) is 90.3 Å². The number of aryl methyl sites for hydroxylation is 8. The van der Waals surface area contributed by atoms with Crippen LogP contribution >= 0.6 is 0 Å². The summed E-state index contributed by atoms with van der Waals surface area (Å²) in [5, 5.41) is 40.0. The zero-order valence-corrected chi connectivity index (χ0v) is 72.5. The summed E-state index contributed by atoms with van der Waals surface area (Å²) in [6.45, 7) is 28.3. The minimum Gasteiger partial charge on any atom is -0.465 e. The lowest BCUT2D eigenvalue weighted by molar-refractivity contribution is 0.0515. The molecule has 2 atom stereocenters. The maximum atomic E-state index is 15.1. The van der Waals surface area contributed by atoms with Crippen LogP contribution in [0.2, 0.25) is 0 Å². The molecule has 2 unspecified atom stereocenters. The molecule has 0 radical (unpaired) electrons. The third kappa shape index (κ3) is 17.2. The monoisotopic (exact) mass is 1780 g/mol. The molecule has 17 rings (SSSR count). The fourth-order valence-corrected chi connectivity index (χ4v) is 15.3. The van der Waals surface area contributed by atoms with Crippen LogP contribution in [-0.4, -0.2) is 138 Å². The molecule has 0 bridgehead atoms. The van der Waals surface area contributed by atoms with Crippen molar-refractivity contribution in [3.05, 3.63) is 292 Å². The number of imidazole rings is 4. The van der Waals surface area contributed by atoms with Crippen LogP contribution in [0.15, 0.2) is 168 Å². The highest BCUT2D eigenvalue weighted by Crippen LogP contribution is 2.47. The maximum absolute atomic E-state index is 15.1. The van der Waals surface area contributed by atoms with Gasteiger partial charge in [-0.05, 0) is 218 Å². The molecular formula is C92H82F6N16O16. The van der Waals surface area contributed by atoms with E-state index in [4.69, 9.17) is 37.0 Å². The Balaban J connectivity index is 0.000000140. The molecule has 0 saturated carbocycles. The van der Waals surface area contributed by atoms with Gasteiger partial charge in [-0.2, -0.15) is 19.1 Å². The number of hydrogen-bond acceptors (Lipinski definition) is 26. The van der Waals surface area contributed by atoms with E-state index in [1.165, 1.54) is 78.1 Å². The molecule has 668 valence electrons. The van der Waals surface area contributed by atoms with Crippen LogP contribution in [0.4, 0.5) is 35.9 Å². The smallest absolute Gasteiger partial charge is 0.423 e. The Hall–Kier alpha value is -15.6. The minimum absolute atomic E-state index is 0.00199. The Bertz CT molecular complexity index is 7020. The standard InChI is InChI=1S/C26H25F2N3O5.2C23H17F2N5O3.C20H23N3O5/c1-7-34-24-29-22-16(23(32)21-17(27)9-8-10-18(21)28)11-15(20-13(2)30-36-14(20)3)12-19(22)31(24)25(33)35-26(4,5)6;2*1-11-19(12(2)33-30-11)13-8-14(21-17(9-13)28-22(31)29-21)23(32,18-10-26-6-7-27-18)20-15(24)4-3-5-16(20)25;1-7-26-18-21-17-14(10-24)8-13(16-11(2)22-28-12(16)3)9-15(17)23(18)19(25)27-20(4,5)6/h8-12H,7H2,1-6H3;2*3-10,32H,1-2H3,(H2,28,29,31);8-10H,7H2,1-6H3. The fraction of sp³-hybridized carbons (Fsp3) is 0.239. The Morgan fingerprint density at radius 2 is 0.808 bits per heavy atom. The Kier molecular flexibility index (Phi) is 24.9. The van der Waals surface area contributed by atoms with Crippen LogP contribution in [0.5, 0.6) is 12.0 Å². The minimum atomic E-state index is -2.44. The molecule has 10 heterocycles. The lowest BCUT2D eigenvalue weighted by Gasteiger charge is -2.30. The number of fused-ring (bicyclic) bond motifs is 4. The molecule has 0 aliphatic heterocycles. The van der Waals surface area contributed by atoms with E-state index in [1.807, 2.05) is 6.92 Å². The van der Waals surface area contributed by atoms with Crippen molar-refractivity contribution in [2.24, 2.45) is 0 Å². The lowest BCUT2D eigenvalue weighted by Crippen LogP contribution is -2.33. The van der Waals surface area contributed by atoms with E-state index < -0.39 is 103 Å². The summed E-state index contributed by atoms with van der Waals surface area (Å²) in [6.07, 6.45) is 7.04. The van der Waals surface area contributed by atoms with E-state index in [9.17, 15) is 47.8 Å². The molecule has 0 amide bonds. The van der Waals surface area contributed by atoms with Gasteiger partial charge in [-0.1, -0.05) is 38.8 Å². The number of carbonyl (C=O) groups is 4. The lowest BCUT2D eigenvalue weighted by atomic mass is 9.81. The van der Waals surface area contributed by atoms with E-state index in [1.54, 1.807) is 134 Å². The SMILES string of the molecule is CCOc1nc2c(C(=O)c3c(F)cccc3F)cc(-c3c(C)noc3C)cc2n1C(=O)OC(C)(C)C.CCOc1nc2c(C=O)cc(-c3c(C)noc3C)cc2n1C(=O)OC(C)(C)C.Cc1noc(C)c1-c1cc(C(O)(c2cnccn2)c2c(F)cccc2F)c2[nH]c(=O)[nH]c2c1.Cc1noc(C)c1-c1cc(C(O)(c2cnccn2)c2c(F)cccc2F)c2[nH]c(=O)[nH]c2c1. The topological polar surface area (TPSA) is 434 Å². The van der Waals surface area contributed by atoms with Gasteiger partial charge < -0.3 is 67.2 Å². The fourth-order valence-electron chi connectivity index (χ4n) is 15.3. The Labute approximate surface area is 732 Å². The number of aliphatic hydroxyl groups is 2. The first-order valence-electron chi connectivity index (χ1n) is 40.1. The van der Waals surface area contributed by atoms with Crippen LogP contribution in [0.3, 0.4) is 0 Å². The highest BCUT2D eigenvalue weighted by Gasteiger charge is 2.45. The van der Waals surface area contributed by atoms with Gasteiger partial charge in [0.1, 0.15) is 80.2 Å². The van der Waals surface area contributed by atoms with Crippen molar-refractivity contribution in [1.82, 2.24) is 79.6 Å². The van der Waals surface area contributed by atoms with Gasteiger partial charge in [0, 0.05) is 63.7 Å². The van der Waals surface area contributed by atoms with Crippen molar-refractivity contribution in [2.75, 3.05) is 13.2 Å². The molecule has 32 nitrogen and oxygen atoms in total. The molecule has 0 saturated heterocycles. The number of carbonyl (C=O) groups excluding carboxylic acids is 4. The first-order valence-corrected chi connectivity index (χ1v) is 40.1. The average molecular weight is 1780 g/mol. The summed E-state index contributed by atoms with van der Waals surface area (Å²) in [7, 11) is 0. The quantitative estimate of drug-likeness (QED) is 0.0280. The van der Waals surface area contributed by atoms with Crippen LogP contribution in [-0.2, 0) is 20.7 Å². The van der Waals surface area contributed by atoms with Crippen LogP contribution in [0.1, 0.15) is 161 Å². The van der Waals surface area contributed by atoms with Gasteiger partial charge >= 0.3 is 35.6 Å². The van der Waals surface area contributed by atoms with Gasteiger partial charge in [0.25, 0.3) is 0 Å². The number of aromatic nitrogens is 16. The first kappa shape index (κ1) is 90.6. The third-order valence-electron chi connectivity index (χ3n) is 20.6. The second-order valence-corrected chi connectivity index (χ2v) is 31.8. The van der Waals surface area contributed by atoms with Crippen molar-refractivity contribution in [1.29, 1.82) is 0 Å². The molecule has 6 N–H and O–H groups in total. The van der Waals surface area contributed by atoms with Gasteiger partial charge in [0.15, 0.2) is 17.5 Å². The number of nitrogens with one attached hydrogen (secondary N) is 4. The van der Waals surface area contributed by atoms with Gasteiger partial charge in [0.05, 0.1) is 115 Å². The third-order valence-corrected chi connectivity index (χ3v) is 20.6. The van der Waals surface area contributed by atoms with E-state index in [0.29, 0.717) is 125 Å². The molecule has 0 aliphatic rings. The average Bonchev–Trinajstić information content (AvgIpc) is 1.12. The molecule has 0 fully saturated rings. The van der Waals surface area contributed by atoms with Crippen molar-refractivity contribution in [2.45, 2.75) is 133 Å². The number of benzene rings is 7. The van der Waals surface area contributed by atoms with Crippen LogP contribution in [0.25, 0.3) is 88.6 Å². The van der Waals surface area contributed by atoms with Gasteiger partial charge in [0.2, 0.25) is 5.78 Å². The number of halogens is 6. The normalized spacial score (nSPS) is 12.5. The van der Waals surface area contributed by atoms with Crippen molar-refractivity contribution in [3.63, 3.8) is 0 Å². The predicted octanol–water partition coefficient (Wildman–Crippen LogP) is 17.3. The summed E-state index contributed by atoms with van der Waals surface area (Å²) in [5.74, 6) is -4.88. The highest BCUT2D eigenvalue weighted by molar-refractivity contribution is 6.17. The second-order valence-electron chi connectivity index (χ2n) is 31.8. The number of rotatable bonds is 17. The largest absolute Gasteiger partial charge is 0.465 e. The Morgan fingerprint density at radius 3 is 1.14 bits per heavy atom. The second kappa shape index (κ2) is 35.7. The van der Waals surface area contributed by atoms with Crippen molar-refractivity contribution >= 4 is 68.4 Å². The molecular weight excluding hydrogens is 1700 g/mol. The highest BCUT2D eigenvalue weighted by atomic mass is 19.2. The number of ketones is 1. The van der Waals surface area contributed by atoms with E-state index >= 15 is 17.6 Å². The van der Waals surface area contributed by atoms with Crippen molar-refractivity contribution in [3.8, 4) is 56.5 Å². The van der Waals surface area contributed by atoms with E-state index in [-0.39, 0.29) is 68.8 Å². The number of aldehydes is 1. The summed E-state index contributed by atoms with van der Waals surface area (Å²) in [6, 6.07) is 22.5. The maximum Gasteiger partial charge on any atom is 0.423 e. The zero-order valence-electron chi connectivity index (χ0n) is 72.5. The molecule has 38 heteroatoms. The zero-order chi connectivity index (χ0) is 93.7. The number of nitrogens with zero attached hydrogens (tertiary/aromatic N) is 12. The van der Waals surface area contributed by atoms with Crippen LogP contribution < -0.4 is 20.9 Å². The summed E-state index contributed by atoms with van der Waals surface area (Å²) >= 11 is 0. The molecule has 0 aliphatic carbocycles.